The molecule has 0 bridgehead atoms. The number of hydrogen-bond acceptors (Lipinski definition) is 4. The van der Waals surface area contributed by atoms with E-state index in [9.17, 15) is 9.59 Å². The zero-order valence-corrected chi connectivity index (χ0v) is 13.6. The van der Waals surface area contributed by atoms with E-state index in [2.05, 4.69) is 0 Å². The van der Waals surface area contributed by atoms with Gasteiger partial charge >= 0.3 is 5.97 Å². The van der Waals surface area contributed by atoms with Gasteiger partial charge < -0.3 is 9.84 Å². The van der Waals surface area contributed by atoms with Gasteiger partial charge in [0.15, 0.2) is 5.78 Å². The smallest absolute Gasteiger partial charge is 0.310 e. The third kappa shape index (κ3) is 2.97. The van der Waals surface area contributed by atoms with Crippen molar-refractivity contribution in [3.8, 4) is 5.75 Å². The van der Waals surface area contributed by atoms with Crippen LogP contribution in [0.1, 0.15) is 34.3 Å². The molecule has 0 aromatic heterocycles. The lowest BCUT2D eigenvalue weighted by Crippen LogP contribution is -2.10. The molecular formula is C18H16O4S. The van der Waals surface area contributed by atoms with Crippen LogP contribution in [0.5, 0.6) is 5.75 Å². The Labute approximate surface area is 138 Å². The molecule has 118 valence electrons. The molecule has 1 N–H and O–H groups in total. The third-order valence-electron chi connectivity index (χ3n) is 4.02. The minimum atomic E-state index is -0.897. The topological polar surface area (TPSA) is 63.6 Å². The Morgan fingerprint density at radius 2 is 2.00 bits per heavy atom. The Balaban J connectivity index is 2.05. The van der Waals surface area contributed by atoms with Gasteiger partial charge in [-0.1, -0.05) is 23.9 Å². The number of carbonyl (C=O) groups is 2. The lowest BCUT2D eigenvalue weighted by molar-refractivity contribution is -0.138. The molecule has 1 aliphatic rings. The molecule has 0 spiro atoms. The second kappa shape index (κ2) is 6.08. The SMILES string of the molecule is COc1ccc2c(c1)Sc1ccc(C(C)C(=O)O)cc1C(=O)C2. The van der Waals surface area contributed by atoms with Crippen LogP contribution in [0.15, 0.2) is 46.2 Å². The van der Waals surface area contributed by atoms with E-state index in [0.29, 0.717) is 17.5 Å². The van der Waals surface area contributed by atoms with Crippen molar-refractivity contribution in [3.05, 3.63) is 53.1 Å². The number of hydrogen-bond donors (Lipinski definition) is 1. The van der Waals surface area contributed by atoms with Crippen molar-refractivity contribution in [1.82, 2.24) is 0 Å². The van der Waals surface area contributed by atoms with Crippen molar-refractivity contribution < 1.29 is 19.4 Å². The lowest BCUT2D eigenvalue weighted by atomic mass is 9.96. The van der Waals surface area contributed by atoms with Gasteiger partial charge in [-0.3, -0.25) is 9.59 Å². The zero-order valence-electron chi connectivity index (χ0n) is 12.8. The molecule has 4 nitrogen and oxygen atoms in total. The van der Waals surface area contributed by atoms with Gasteiger partial charge in [-0.25, -0.2) is 0 Å². The largest absolute Gasteiger partial charge is 0.497 e. The van der Waals surface area contributed by atoms with E-state index in [1.165, 1.54) is 11.8 Å². The molecule has 0 fully saturated rings. The predicted molar refractivity (Wildman–Crippen MR) is 87.6 cm³/mol. The molecule has 1 unspecified atom stereocenters. The zero-order chi connectivity index (χ0) is 16.6. The number of ether oxygens (including phenoxy) is 1. The van der Waals surface area contributed by atoms with Crippen LogP contribution in [0.25, 0.3) is 0 Å². The normalized spacial score (nSPS) is 14.4. The highest BCUT2D eigenvalue weighted by Crippen LogP contribution is 2.39. The molecule has 3 rings (SSSR count). The van der Waals surface area contributed by atoms with Crippen molar-refractivity contribution in [2.45, 2.75) is 29.1 Å². The van der Waals surface area contributed by atoms with Crippen LogP contribution in [-0.2, 0) is 11.2 Å². The first-order valence-electron chi connectivity index (χ1n) is 7.24. The van der Waals surface area contributed by atoms with Gasteiger partial charge in [-0.15, -0.1) is 0 Å². The Morgan fingerprint density at radius 1 is 1.22 bits per heavy atom. The fourth-order valence-corrected chi connectivity index (χ4v) is 3.66. The highest BCUT2D eigenvalue weighted by molar-refractivity contribution is 7.99. The van der Waals surface area contributed by atoms with Crippen LogP contribution in [0.2, 0.25) is 0 Å². The van der Waals surface area contributed by atoms with E-state index in [0.717, 1.165) is 21.1 Å². The molecule has 0 aliphatic carbocycles. The average molecular weight is 328 g/mol. The minimum Gasteiger partial charge on any atom is -0.497 e. The van der Waals surface area contributed by atoms with Gasteiger partial charge in [0.1, 0.15) is 5.75 Å². The summed E-state index contributed by atoms with van der Waals surface area (Å²) in [7, 11) is 1.61. The third-order valence-corrected chi connectivity index (χ3v) is 5.20. The second-order valence-electron chi connectivity index (χ2n) is 5.49. The number of methoxy groups -OCH3 is 1. The highest BCUT2D eigenvalue weighted by atomic mass is 32.2. The Morgan fingerprint density at radius 3 is 2.70 bits per heavy atom. The number of fused-ring (bicyclic) bond motifs is 2. The number of carboxylic acids is 1. The monoisotopic (exact) mass is 328 g/mol. The van der Waals surface area contributed by atoms with Crippen LogP contribution >= 0.6 is 11.8 Å². The van der Waals surface area contributed by atoms with Crippen molar-refractivity contribution >= 4 is 23.5 Å². The summed E-state index contributed by atoms with van der Waals surface area (Å²) in [5.74, 6) is -0.769. The lowest BCUT2D eigenvalue weighted by Gasteiger charge is -2.11. The standard InChI is InChI=1S/C18H16O4S/c1-10(18(20)21)11-4-6-16-14(7-11)15(19)8-12-3-5-13(22-2)9-17(12)23-16/h3-7,9-10H,8H2,1-2H3,(H,20,21). The molecule has 0 saturated heterocycles. The molecular weight excluding hydrogens is 312 g/mol. The van der Waals surface area contributed by atoms with Gasteiger partial charge in [-0.2, -0.15) is 0 Å². The summed E-state index contributed by atoms with van der Waals surface area (Å²) in [6.07, 6.45) is 0.310. The maximum atomic E-state index is 12.6. The first-order chi connectivity index (χ1) is 11.0. The molecule has 0 saturated carbocycles. The van der Waals surface area contributed by atoms with Crippen molar-refractivity contribution in [2.75, 3.05) is 7.11 Å². The molecule has 2 aromatic rings. The highest BCUT2D eigenvalue weighted by Gasteiger charge is 2.23. The quantitative estimate of drug-likeness (QED) is 0.929. The summed E-state index contributed by atoms with van der Waals surface area (Å²) in [4.78, 5) is 25.6. The molecule has 1 atom stereocenters. The van der Waals surface area contributed by atoms with Crippen LogP contribution in [0.3, 0.4) is 0 Å². The Hall–Kier alpha value is -2.27. The Kier molecular flexibility index (Phi) is 4.13. The number of ketones is 1. The second-order valence-corrected chi connectivity index (χ2v) is 6.57. The number of benzene rings is 2. The first kappa shape index (κ1) is 15.6. The van der Waals surface area contributed by atoms with Crippen LogP contribution in [0, 0.1) is 0 Å². The number of carbonyl (C=O) groups excluding carboxylic acids is 1. The first-order valence-corrected chi connectivity index (χ1v) is 8.06. The van der Waals surface area contributed by atoms with E-state index >= 15 is 0 Å². The van der Waals surface area contributed by atoms with Crippen LogP contribution in [-0.4, -0.2) is 24.0 Å². The minimum absolute atomic E-state index is 0.0101. The average Bonchev–Trinajstić information content (AvgIpc) is 2.68. The van der Waals surface area contributed by atoms with E-state index in [1.54, 1.807) is 26.2 Å². The summed E-state index contributed by atoms with van der Waals surface area (Å²) < 4.78 is 5.25. The van der Waals surface area contributed by atoms with Gasteiger partial charge in [0.05, 0.1) is 13.0 Å². The maximum absolute atomic E-state index is 12.6. The molecule has 5 heteroatoms. The summed E-state index contributed by atoms with van der Waals surface area (Å²) in [5, 5.41) is 9.16. The number of carboxylic acid groups (broad SMARTS) is 1. The van der Waals surface area contributed by atoms with Crippen molar-refractivity contribution in [1.29, 1.82) is 0 Å². The molecule has 1 aliphatic heterocycles. The Bertz CT molecular complexity index is 798. The summed E-state index contributed by atoms with van der Waals surface area (Å²) in [5.41, 5.74) is 2.20. The number of rotatable bonds is 3. The maximum Gasteiger partial charge on any atom is 0.310 e. The summed E-state index contributed by atoms with van der Waals surface area (Å²) >= 11 is 1.52. The fourth-order valence-electron chi connectivity index (χ4n) is 2.56. The predicted octanol–water partition coefficient (Wildman–Crippen LogP) is 3.77. The van der Waals surface area contributed by atoms with Gasteiger partial charge in [-0.05, 0) is 42.3 Å². The van der Waals surface area contributed by atoms with Gasteiger partial charge in [0, 0.05) is 21.8 Å². The molecule has 23 heavy (non-hydrogen) atoms. The molecule has 0 amide bonds. The van der Waals surface area contributed by atoms with Gasteiger partial charge in [0.25, 0.3) is 0 Å². The van der Waals surface area contributed by atoms with Crippen LogP contribution in [0.4, 0.5) is 0 Å². The van der Waals surface area contributed by atoms with E-state index < -0.39 is 11.9 Å². The van der Waals surface area contributed by atoms with E-state index in [-0.39, 0.29) is 5.78 Å². The summed E-state index contributed by atoms with van der Waals surface area (Å²) in [6.45, 7) is 1.62. The van der Waals surface area contributed by atoms with Gasteiger partial charge in [0.2, 0.25) is 0 Å². The summed E-state index contributed by atoms with van der Waals surface area (Å²) in [6, 6.07) is 11.0. The van der Waals surface area contributed by atoms with Crippen molar-refractivity contribution in [3.63, 3.8) is 0 Å². The molecule has 1 heterocycles. The van der Waals surface area contributed by atoms with Crippen LogP contribution < -0.4 is 4.74 Å². The number of aliphatic carboxylic acids is 1. The van der Waals surface area contributed by atoms with Crippen molar-refractivity contribution in [2.24, 2.45) is 0 Å². The number of Topliss-reactive ketones (excluding diaryl/α,β-unsaturated/α-hetero) is 1. The molecule has 2 aromatic carbocycles. The fraction of sp³-hybridized carbons (Fsp3) is 0.222. The van der Waals surface area contributed by atoms with E-state index in [1.807, 2.05) is 24.3 Å². The molecule has 0 radical (unpaired) electrons. The van der Waals surface area contributed by atoms with E-state index in [4.69, 9.17) is 9.84 Å².